The van der Waals surface area contributed by atoms with Crippen molar-refractivity contribution in [3.8, 4) is 0 Å². The molecule has 4 heteroatoms. The average molecular weight is 281 g/mol. The molecule has 0 unspecified atom stereocenters. The van der Waals surface area contributed by atoms with Crippen molar-refractivity contribution < 1.29 is 4.79 Å². The van der Waals surface area contributed by atoms with Crippen LogP contribution in [0.3, 0.4) is 0 Å². The zero-order valence-corrected chi connectivity index (χ0v) is 12.5. The van der Waals surface area contributed by atoms with E-state index in [4.69, 9.17) is 0 Å². The molecule has 0 spiro atoms. The number of nitrogens with zero attached hydrogens (tertiary/aromatic N) is 3. The normalized spacial score (nSPS) is 17.3. The van der Waals surface area contributed by atoms with Crippen LogP contribution in [0, 0.1) is 0 Å². The van der Waals surface area contributed by atoms with E-state index in [9.17, 15) is 4.79 Å². The summed E-state index contributed by atoms with van der Waals surface area (Å²) in [7, 11) is 3.91. The van der Waals surface area contributed by atoms with Gasteiger partial charge in [0.1, 0.15) is 0 Å². The summed E-state index contributed by atoms with van der Waals surface area (Å²) in [5.41, 5.74) is 2.13. The number of anilines is 1. The van der Waals surface area contributed by atoms with E-state index < -0.39 is 0 Å². The maximum absolute atomic E-state index is 12.4. The van der Waals surface area contributed by atoms with Gasteiger partial charge in [-0.2, -0.15) is 10.1 Å². The van der Waals surface area contributed by atoms with Crippen molar-refractivity contribution in [3.05, 3.63) is 66.4 Å². The van der Waals surface area contributed by atoms with Crippen LogP contribution in [0.5, 0.6) is 0 Å². The van der Waals surface area contributed by atoms with Gasteiger partial charge in [0.05, 0.1) is 17.0 Å². The first-order chi connectivity index (χ1) is 10.1. The third-order valence-corrected chi connectivity index (χ3v) is 2.93. The molecular formula is C17H19N3O. The molecule has 0 saturated heterocycles. The van der Waals surface area contributed by atoms with Gasteiger partial charge < -0.3 is 4.90 Å². The minimum Gasteiger partial charge on any atom is -0.383 e. The number of hydrazone groups is 1. The highest BCUT2D eigenvalue weighted by atomic mass is 16.2. The van der Waals surface area contributed by atoms with Crippen LogP contribution in [0.2, 0.25) is 0 Å². The van der Waals surface area contributed by atoms with Crippen molar-refractivity contribution in [2.24, 2.45) is 5.10 Å². The van der Waals surface area contributed by atoms with Crippen LogP contribution in [0.1, 0.15) is 6.92 Å². The molecule has 1 aromatic carbocycles. The van der Waals surface area contributed by atoms with Gasteiger partial charge in [0.25, 0.3) is 5.91 Å². The topological polar surface area (TPSA) is 35.9 Å². The summed E-state index contributed by atoms with van der Waals surface area (Å²) in [5.74, 6) is -0.0973. The fraction of sp³-hybridized carbons (Fsp3) is 0.176. The van der Waals surface area contributed by atoms with E-state index >= 15 is 0 Å². The molecule has 0 saturated carbocycles. The van der Waals surface area contributed by atoms with Gasteiger partial charge in [-0.15, -0.1) is 0 Å². The number of carbonyl (C=O) groups is 1. The first-order valence-corrected chi connectivity index (χ1v) is 6.76. The summed E-state index contributed by atoms with van der Waals surface area (Å²) in [4.78, 5) is 14.3. The SMILES string of the molecule is CC1=NN(c2ccccc2)C(=O)/C1=C/C=C/C=C/N(C)C. The zero-order valence-electron chi connectivity index (χ0n) is 12.5. The highest BCUT2D eigenvalue weighted by Crippen LogP contribution is 2.22. The van der Waals surface area contributed by atoms with Crippen LogP contribution in [-0.4, -0.2) is 30.6 Å². The Hall–Kier alpha value is -2.62. The van der Waals surface area contributed by atoms with Crippen LogP contribution in [-0.2, 0) is 4.79 Å². The largest absolute Gasteiger partial charge is 0.383 e. The number of allylic oxidation sites excluding steroid dienone is 4. The summed E-state index contributed by atoms with van der Waals surface area (Å²) in [6.07, 6.45) is 9.38. The van der Waals surface area contributed by atoms with Gasteiger partial charge in [-0.3, -0.25) is 4.79 Å². The Morgan fingerprint density at radius 1 is 1.10 bits per heavy atom. The van der Waals surface area contributed by atoms with Crippen LogP contribution in [0.4, 0.5) is 5.69 Å². The van der Waals surface area contributed by atoms with Gasteiger partial charge in [0, 0.05) is 14.1 Å². The highest BCUT2D eigenvalue weighted by Gasteiger charge is 2.27. The summed E-state index contributed by atoms with van der Waals surface area (Å²) >= 11 is 0. The lowest BCUT2D eigenvalue weighted by atomic mass is 10.1. The Morgan fingerprint density at radius 3 is 2.48 bits per heavy atom. The standard InChI is InChI=1S/C17H19N3O/c1-14-16(12-8-5-9-13-19(2)3)17(21)20(18-14)15-10-6-4-7-11-15/h4-13H,1-3H3/b8-5+,13-9+,16-12+. The quantitative estimate of drug-likeness (QED) is 0.628. The van der Waals surface area contributed by atoms with E-state index in [1.165, 1.54) is 5.01 Å². The molecule has 0 bridgehead atoms. The molecule has 21 heavy (non-hydrogen) atoms. The van der Waals surface area contributed by atoms with Crippen molar-refractivity contribution in [2.75, 3.05) is 19.1 Å². The molecule has 0 fully saturated rings. The number of para-hydroxylation sites is 1. The molecule has 0 radical (unpaired) electrons. The van der Waals surface area contributed by atoms with Gasteiger partial charge in [0.2, 0.25) is 0 Å². The van der Waals surface area contributed by atoms with Crippen molar-refractivity contribution in [2.45, 2.75) is 6.92 Å². The molecule has 1 heterocycles. The molecule has 0 N–H and O–H groups in total. The predicted molar refractivity (Wildman–Crippen MR) is 87.1 cm³/mol. The fourth-order valence-electron chi connectivity index (χ4n) is 1.89. The predicted octanol–water partition coefficient (Wildman–Crippen LogP) is 2.97. The Labute approximate surface area is 125 Å². The maximum Gasteiger partial charge on any atom is 0.280 e. The lowest BCUT2D eigenvalue weighted by molar-refractivity contribution is -0.114. The number of hydrogen-bond donors (Lipinski definition) is 0. The molecule has 0 aromatic heterocycles. The van der Waals surface area contributed by atoms with Crippen LogP contribution < -0.4 is 5.01 Å². The Morgan fingerprint density at radius 2 is 1.81 bits per heavy atom. The third-order valence-electron chi connectivity index (χ3n) is 2.93. The van der Waals surface area contributed by atoms with Crippen molar-refractivity contribution in [3.63, 3.8) is 0 Å². The third kappa shape index (κ3) is 3.69. The fourth-order valence-corrected chi connectivity index (χ4v) is 1.89. The first kappa shape index (κ1) is 14.8. The molecule has 108 valence electrons. The van der Waals surface area contributed by atoms with E-state index in [1.54, 1.807) is 6.08 Å². The van der Waals surface area contributed by atoms with E-state index in [1.807, 2.05) is 80.7 Å². The van der Waals surface area contributed by atoms with E-state index in [0.29, 0.717) is 5.57 Å². The second-order valence-corrected chi connectivity index (χ2v) is 4.91. The minimum atomic E-state index is -0.0973. The van der Waals surface area contributed by atoms with Gasteiger partial charge in [0.15, 0.2) is 0 Å². The van der Waals surface area contributed by atoms with Crippen LogP contribution >= 0.6 is 0 Å². The summed E-state index contributed by atoms with van der Waals surface area (Å²) < 4.78 is 0. The van der Waals surface area contributed by atoms with Gasteiger partial charge in [-0.05, 0) is 37.4 Å². The molecule has 0 atom stereocenters. The number of rotatable bonds is 4. The van der Waals surface area contributed by atoms with E-state index in [2.05, 4.69) is 5.10 Å². The Bertz CT molecular complexity index is 625. The number of carbonyl (C=O) groups excluding carboxylic acids is 1. The maximum atomic E-state index is 12.4. The average Bonchev–Trinajstić information content (AvgIpc) is 2.75. The number of benzene rings is 1. The monoisotopic (exact) mass is 281 g/mol. The second kappa shape index (κ2) is 6.70. The summed E-state index contributed by atoms with van der Waals surface area (Å²) in [6, 6.07) is 9.43. The Kier molecular flexibility index (Phi) is 4.72. The van der Waals surface area contributed by atoms with Gasteiger partial charge >= 0.3 is 0 Å². The molecule has 1 aromatic rings. The van der Waals surface area contributed by atoms with Gasteiger partial charge in [-0.1, -0.05) is 30.4 Å². The zero-order chi connectivity index (χ0) is 15.2. The van der Waals surface area contributed by atoms with Crippen molar-refractivity contribution in [1.82, 2.24) is 4.90 Å². The minimum absolute atomic E-state index is 0.0973. The summed E-state index contributed by atoms with van der Waals surface area (Å²) in [5, 5.41) is 5.76. The van der Waals surface area contributed by atoms with E-state index in [0.717, 1.165) is 11.4 Å². The molecule has 0 aliphatic carbocycles. The smallest absolute Gasteiger partial charge is 0.280 e. The molecular weight excluding hydrogens is 262 g/mol. The lowest BCUT2D eigenvalue weighted by Crippen LogP contribution is -2.21. The van der Waals surface area contributed by atoms with Gasteiger partial charge in [-0.25, -0.2) is 0 Å². The molecule has 1 aliphatic heterocycles. The summed E-state index contributed by atoms with van der Waals surface area (Å²) in [6.45, 7) is 1.84. The molecule has 1 amide bonds. The molecule has 2 rings (SSSR count). The van der Waals surface area contributed by atoms with Crippen molar-refractivity contribution >= 4 is 17.3 Å². The first-order valence-electron chi connectivity index (χ1n) is 6.76. The molecule has 1 aliphatic rings. The highest BCUT2D eigenvalue weighted by molar-refractivity contribution is 6.29. The second-order valence-electron chi connectivity index (χ2n) is 4.91. The Balaban J connectivity index is 2.13. The van der Waals surface area contributed by atoms with Crippen LogP contribution in [0.15, 0.2) is 71.5 Å². The lowest BCUT2D eigenvalue weighted by Gasteiger charge is -2.10. The number of hydrogen-bond acceptors (Lipinski definition) is 3. The number of amides is 1. The molecule has 4 nitrogen and oxygen atoms in total. The van der Waals surface area contributed by atoms with Crippen molar-refractivity contribution in [1.29, 1.82) is 0 Å². The van der Waals surface area contributed by atoms with E-state index in [-0.39, 0.29) is 5.91 Å². The van der Waals surface area contributed by atoms with Crippen LogP contribution in [0.25, 0.3) is 0 Å².